The van der Waals surface area contributed by atoms with Gasteiger partial charge in [0.05, 0.1) is 12.7 Å². The van der Waals surface area contributed by atoms with Crippen molar-refractivity contribution in [3.05, 3.63) is 71.3 Å². The topological polar surface area (TPSA) is 27.7 Å². The summed E-state index contributed by atoms with van der Waals surface area (Å²) in [5.41, 5.74) is 3.68. The van der Waals surface area contributed by atoms with E-state index in [2.05, 4.69) is 31.2 Å². The molecular weight excluding hydrogens is 288 g/mol. The van der Waals surface area contributed by atoms with Crippen molar-refractivity contribution in [2.45, 2.75) is 38.3 Å². The number of hydrogen-bond donors (Lipinski definition) is 0. The Kier molecular flexibility index (Phi) is 5.44. The van der Waals surface area contributed by atoms with Gasteiger partial charge in [0.25, 0.3) is 0 Å². The number of methoxy groups -OCH3 is 1. The van der Waals surface area contributed by atoms with Crippen molar-refractivity contribution in [2.75, 3.05) is 13.7 Å². The molecule has 1 fully saturated rings. The lowest BCUT2D eigenvalue weighted by molar-refractivity contribution is -0.262. The van der Waals surface area contributed by atoms with Crippen molar-refractivity contribution in [3.63, 3.8) is 0 Å². The smallest absolute Gasteiger partial charge is 0.184 e. The highest BCUT2D eigenvalue weighted by molar-refractivity contribution is 5.21. The maximum absolute atomic E-state index is 6.17. The minimum Gasteiger partial charge on any atom is -0.376 e. The van der Waals surface area contributed by atoms with Gasteiger partial charge in [0.15, 0.2) is 6.29 Å². The zero-order valence-corrected chi connectivity index (χ0v) is 13.8. The summed E-state index contributed by atoms with van der Waals surface area (Å²) in [6.07, 6.45) is 1.63. The van der Waals surface area contributed by atoms with E-state index in [-0.39, 0.29) is 18.5 Å². The van der Waals surface area contributed by atoms with Crippen LogP contribution >= 0.6 is 0 Å². The molecule has 122 valence electrons. The van der Waals surface area contributed by atoms with Gasteiger partial charge in [-0.1, -0.05) is 60.2 Å². The summed E-state index contributed by atoms with van der Waals surface area (Å²) in [7, 11) is 1.72. The molecule has 3 nitrogen and oxygen atoms in total. The van der Waals surface area contributed by atoms with Gasteiger partial charge in [0.1, 0.15) is 6.10 Å². The summed E-state index contributed by atoms with van der Waals surface area (Å²) in [6.45, 7) is 2.67. The Bertz CT molecular complexity index is 594. The van der Waals surface area contributed by atoms with Gasteiger partial charge in [-0.2, -0.15) is 0 Å². The summed E-state index contributed by atoms with van der Waals surface area (Å²) in [5.74, 6) is 0. The lowest BCUT2D eigenvalue weighted by atomic mass is 10.0. The number of rotatable bonds is 5. The fourth-order valence-electron chi connectivity index (χ4n) is 2.90. The predicted octanol–water partition coefficient (Wildman–Crippen LogP) is 4.06. The second-order valence-electron chi connectivity index (χ2n) is 6.05. The van der Waals surface area contributed by atoms with Crippen LogP contribution in [0.25, 0.3) is 0 Å². The van der Waals surface area contributed by atoms with E-state index >= 15 is 0 Å². The Balaban J connectivity index is 1.64. The molecule has 3 rings (SSSR count). The monoisotopic (exact) mass is 312 g/mol. The maximum atomic E-state index is 6.17. The van der Waals surface area contributed by atoms with E-state index in [4.69, 9.17) is 14.2 Å². The maximum Gasteiger partial charge on any atom is 0.184 e. The molecule has 0 aliphatic carbocycles. The van der Waals surface area contributed by atoms with Gasteiger partial charge in [0.2, 0.25) is 0 Å². The van der Waals surface area contributed by atoms with Crippen molar-refractivity contribution in [3.8, 4) is 0 Å². The van der Waals surface area contributed by atoms with E-state index in [1.54, 1.807) is 7.11 Å². The fourth-order valence-corrected chi connectivity index (χ4v) is 2.90. The largest absolute Gasteiger partial charge is 0.376 e. The zero-order valence-electron chi connectivity index (χ0n) is 13.8. The predicted molar refractivity (Wildman–Crippen MR) is 90.3 cm³/mol. The lowest BCUT2D eigenvalue weighted by Gasteiger charge is -2.36. The van der Waals surface area contributed by atoms with Gasteiger partial charge in [-0.3, -0.25) is 0 Å². The van der Waals surface area contributed by atoms with Crippen LogP contribution in [-0.4, -0.2) is 25.9 Å². The van der Waals surface area contributed by atoms with Gasteiger partial charge >= 0.3 is 0 Å². The first-order valence-corrected chi connectivity index (χ1v) is 8.16. The van der Waals surface area contributed by atoms with Crippen LogP contribution in [-0.2, 0) is 20.6 Å². The first-order chi connectivity index (χ1) is 11.3. The average molecular weight is 312 g/mol. The third-order valence-electron chi connectivity index (χ3n) is 4.34. The minimum atomic E-state index is -0.300. The van der Waals surface area contributed by atoms with E-state index in [1.807, 2.05) is 30.3 Å². The fraction of sp³-hybridized carbons (Fsp3) is 0.400. The van der Waals surface area contributed by atoms with Gasteiger partial charge in [-0.25, -0.2) is 0 Å². The van der Waals surface area contributed by atoms with Crippen LogP contribution in [0.3, 0.4) is 0 Å². The first kappa shape index (κ1) is 16.2. The van der Waals surface area contributed by atoms with Crippen LogP contribution in [0.2, 0.25) is 0 Å². The van der Waals surface area contributed by atoms with Crippen LogP contribution in [0.1, 0.15) is 29.4 Å². The molecule has 0 saturated carbocycles. The van der Waals surface area contributed by atoms with E-state index in [9.17, 15) is 0 Å². The SMILES string of the molecule is COC1COC(c2ccccc2)OC1CCc1ccc(C)cc1. The molecule has 3 unspecified atom stereocenters. The Labute approximate surface area is 138 Å². The lowest BCUT2D eigenvalue weighted by Crippen LogP contribution is -2.41. The summed E-state index contributed by atoms with van der Waals surface area (Å²) >= 11 is 0. The van der Waals surface area contributed by atoms with Gasteiger partial charge in [0, 0.05) is 12.7 Å². The van der Waals surface area contributed by atoms with Crippen molar-refractivity contribution < 1.29 is 14.2 Å². The molecule has 1 heterocycles. The molecule has 3 atom stereocenters. The summed E-state index contributed by atoms with van der Waals surface area (Å²) in [4.78, 5) is 0. The van der Waals surface area contributed by atoms with Gasteiger partial charge < -0.3 is 14.2 Å². The highest BCUT2D eigenvalue weighted by Gasteiger charge is 2.32. The Hall–Kier alpha value is -1.68. The molecule has 3 heteroatoms. The number of hydrogen-bond acceptors (Lipinski definition) is 3. The van der Waals surface area contributed by atoms with Crippen LogP contribution < -0.4 is 0 Å². The number of ether oxygens (including phenoxy) is 3. The normalized spacial score (nSPS) is 24.5. The Morgan fingerprint density at radius 1 is 1.04 bits per heavy atom. The molecule has 2 aromatic carbocycles. The summed E-state index contributed by atoms with van der Waals surface area (Å²) in [6, 6.07) is 18.8. The quantitative estimate of drug-likeness (QED) is 0.833. The van der Waals surface area contributed by atoms with Crippen LogP contribution in [0.15, 0.2) is 54.6 Å². The number of aryl methyl sites for hydroxylation is 2. The Morgan fingerprint density at radius 2 is 1.78 bits per heavy atom. The minimum absolute atomic E-state index is 0.0135. The molecule has 0 aromatic heterocycles. The average Bonchev–Trinajstić information content (AvgIpc) is 2.62. The second-order valence-corrected chi connectivity index (χ2v) is 6.05. The molecule has 0 N–H and O–H groups in total. The third-order valence-corrected chi connectivity index (χ3v) is 4.34. The summed E-state index contributed by atoms with van der Waals surface area (Å²) in [5, 5.41) is 0. The molecule has 0 amide bonds. The molecule has 0 spiro atoms. The zero-order chi connectivity index (χ0) is 16.1. The van der Waals surface area contributed by atoms with Crippen LogP contribution in [0, 0.1) is 6.92 Å². The van der Waals surface area contributed by atoms with Crippen molar-refractivity contribution in [1.29, 1.82) is 0 Å². The van der Waals surface area contributed by atoms with E-state index < -0.39 is 0 Å². The number of benzene rings is 2. The van der Waals surface area contributed by atoms with Gasteiger partial charge in [-0.05, 0) is 25.3 Å². The third kappa shape index (κ3) is 4.20. The van der Waals surface area contributed by atoms with Gasteiger partial charge in [-0.15, -0.1) is 0 Å². The van der Waals surface area contributed by atoms with Crippen LogP contribution in [0.5, 0.6) is 0 Å². The first-order valence-electron chi connectivity index (χ1n) is 8.16. The summed E-state index contributed by atoms with van der Waals surface area (Å²) < 4.78 is 17.5. The van der Waals surface area contributed by atoms with E-state index in [1.165, 1.54) is 11.1 Å². The van der Waals surface area contributed by atoms with Crippen molar-refractivity contribution >= 4 is 0 Å². The molecule has 1 aliphatic heterocycles. The van der Waals surface area contributed by atoms with Crippen molar-refractivity contribution in [1.82, 2.24) is 0 Å². The molecule has 1 saturated heterocycles. The van der Waals surface area contributed by atoms with Crippen LogP contribution in [0.4, 0.5) is 0 Å². The molecular formula is C20H24O3. The van der Waals surface area contributed by atoms with Crippen molar-refractivity contribution in [2.24, 2.45) is 0 Å². The molecule has 0 bridgehead atoms. The highest BCUT2D eigenvalue weighted by atomic mass is 16.7. The molecule has 0 radical (unpaired) electrons. The molecule has 1 aliphatic rings. The second kappa shape index (κ2) is 7.73. The highest BCUT2D eigenvalue weighted by Crippen LogP contribution is 2.29. The van der Waals surface area contributed by atoms with E-state index in [0.717, 1.165) is 18.4 Å². The Morgan fingerprint density at radius 3 is 2.48 bits per heavy atom. The van der Waals surface area contributed by atoms with E-state index in [0.29, 0.717) is 6.61 Å². The molecule has 2 aromatic rings. The molecule has 23 heavy (non-hydrogen) atoms. The standard InChI is InChI=1S/C20H24O3/c1-15-8-10-16(11-9-15)12-13-18-19(21-2)14-22-20(23-18)17-6-4-3-5-7-17/h3-11,18-20H,12-14H2,1-2H3.